The van der Waals surface area contributed by atoms with Gasteiger partial charge >= 0.3 is 6.18 Å². The molecule has 2 aromatic carbocycles. The van der Waals surface area contributed by atoms with Crippen LogP contribution in [0.5, 0.6) is 5.75 Å². The predicted molar refractivity (Wildman–Crippen MR) is 127 cm³/mol. The van der Waals surface area contributed by atoms with Crippen LogP contribution in [0.25, 0.3) is 5.69 Å². The van der Waals surface area contributed by atoms with Gasteiger partial charge in [0.2, 0.25) is 0 Å². The number of halogens is 5. The molecule has 0 aliphatic rings. The first-order chi connectivity index (χ1) is 16.7. The van der Waals surface area contributed by atoms with Gasteiger partial charge in [0.15, 0.2) is 5.60 Å². The number of hydrogen-bond donors (Lipinski definition) is 3. The number of carbonyl (C=O) groups is 1. The Morgan fingerprint density at radius 3 is 2.42 bits per heavy atom. The summed E-state index contributed by atoms with van der Waals surface area (Å²) >= 11 is 5.86. The Morgan fingerprint density at radius 1 is 1.19 bits per heavy atom. The summed E-state index contributed by atoms with van der Waals surface area (Å²) in [7, 11) is 1.30. The number of rotatable bonds is 8. The maximum absolute atomic E-state index is 14.0. The Hall–Kier alpha value is -3.31. The molecule has 1 aromatic heterocycles. The predicted octanol–water partition coefficient (Wildman–Crippen LogP) is 4.65. The van der Waals surface area contributed by atoms with E-state index >= 15 is 0 Å². The third-order valence-corrected chi connectivity index (χ3v) is 6.07. The number of nitrogens with zero attached hydrogens (tertiary/aromatic N) is 2. The average molecular weight is 529 g/mol. The van der Waals surface area contributed by atoms with Gasteiger partial charge in [-0.3, -0.25) is 4.79 Å². The first-order valence-electron chi connectivity index (χ1n) is 10.7. The molecule has 1 amide bonds. The van der Waals surface area contributed by atoms with E-state index in [9.17, 15) is 27.5 Å². The molecule has 7 nitrogen and oxygen atoms in total. The van der Waals surface area contributed by atoms with Crippen molar-refractivity contribution in [2.24, 2.45) is 0 Å². The Balaban J connectivity index is 1.84. The second-order valence-corrected chi connectivity index (χ2v) is 9.39. The number of alkyl halides is 3. The Kier molecular flexibility index (Phi) is 7.56. The van der Waals surface area contributed by atoms with Crippen molar-refractivity contribution in [1.29, 1.82) is 0 Å². The van der Waals surface area contributed by atoms with Crippen LogP contribution < -0.4 is 15.8 Å². The minimum Gasteiger partial charge on any atom is -0.496 e. The standard InChI is InChI=1S/C24H25ClF4N4O3/c1-22(2,18-10-15(26)6-9-19(18)36-3)12-23(35,24(27,28)29)13-31-21(34)17-11-32-33(20(17)30)16-7-4-14(25)5-8-16/h4-11,35H,12-13,30H2,1-3H3,(H,31,34)/t23-/m0/s1. The zero-order valence-electron chi connectivity index (χ0n) is 19.7. The second kappa shape index (κ2) is 9.98. The lowest BCUT2D eigenvalue weighted by molar-refractivity contribution is -0.263. The van der Waals surface area contributed by atoms with Crippen LogP contribution in [0, 0.1) is 5.82 Å². The third kappa shape index (κ3) is 5.57. The van der Waals surface area contributed by atoms with Gasteiger partial charge in [-0.05, 0) is 54.3 Å². The van der Waals surface area contributed by atoms with Gasteiger partial charge in [-0.15, -0.1) is 0 Å². The number of nitrogens with two attached hydrogens (primary N) is 1. The summed E-state index contributed by atoms with van der Waals surface area (Å²) in [5, 5.41) is 17.3. The highest BCUT2D eigenvalue weighted by atomic mass is 35.5. The van der Waals surface area contributed by atoms with Gasteiger partial charge < -0.3 is 20.9 Å². The van der Waals surface area contributed by atoms with E-state index < -0.39 is 41.9 Å². The minimum atomic E-state index is -5.13. The van der Waals surface area contributed by atoms with Gasteiger partial charge in [-0.2, -0.15) is 18.3 Å². The van der Waals surface area contributed by atoms with E-state index in [-0.39, 0.29) is 22.7 Å². The fraction of sp³-hybridized carbons (Fsp3) is 0.333. The molecule has 0 aliphatic carbocycles. The summed E-state index contributed by atoms with van der Waals surface area (Å²) in [6, 6.07) is 9.81. The number of benzene rings is 2. The number of aromatic nitrogens is 2. The molecule has 3 rings (SSSR count). The molecule has 1 heterocycles. The third-order valence-electron chi connectivity index (χ3n) is 5.82. The molecule has 194 valence electrons. The Bertz CT molecular complexity index is 1250. The van der Waals surface area contributed by atoms with Crippen LogP contribution in [0.3, 0.4) is 0 Å². The van der Waals surface area contributed by atoms with Crippen LogP contribution in [0.2, 0.25) is 5.02 Å². The molecule has 0 radical (unpaired) electrons. The molecule has 0 fully saturated rings. The summed E-state index contributed by atoms with van der Waals surface area (Å²) in [6.45, 7) is 1.65. The molecule has 3 aromatic rings. The van der Waals surface area contributed by atoms with Crippen molar-refractivity contribution in [1.82, 2.24) is 15.1 Å². The SMILES string of the molecule is COc1ccc(F)cc1C(C)(C)C[C@](O)(CNC(=O)c1cnn(-c2ccc(Cl)cc2)c1N)C(F)(F)F. The molecule has 36 heavy (non-hydrogen) atoms. The average Bonchev–Trinajstić information content (AvgIpc) is 3.18. The first kappa shape index (κ1) is 27.3. The van der Waals surface area contributed by atoms with Crippen LogP contribution >= 0.6 is 11.6 Å². The maximum atomic E-state index is 14.0. The molecular weight excluding hydrogens is 504 g/mol. The van der Waals surface area contributed by atoms with Crippen molar-refractivity contribution in [3.63, 3.8) is 0 Å². The Labute approximate surface area is 209 Å². The van der Waals surface area contributed by atoms with E-state index in [1.807, 2.05) is 0 Å². The van der Waals surface area contributed by atoms with Gasteiger partial charge in [0.05, 0.1) is 25.5 Å². The van der Waals surface area contributed by atoms with Gasteiger partial charge in [-0.1, -0.05) is 25.4 Å². The molecule has 0 bridgehead atoms. The van der Waals surface area contributed by atoms with Crippen molar-refractivity contribution in [2.45, 2.75) is 37.5 Å². The largest absolute Gasteiger partial charge is 0.496 e. The van der Waals surface area contributed by atoms with Crippen molar-refractivity contribution in [3.8, 4) is 11.4 Å². The zero-order valence-corrected chi connectivity index (χ0v) is 20.4. The normalized spacial score (nSPS) is 13.8. The fourth-order valence-electron chi connectivity index (χ4n) is 3.94. The topological polar surface area (TPSA) is 102 Å². The molecule has 1 atom stereocenters. The van der Waals surface area contributed by atoms with Gasteiger partial charge in [0.1, 0.15) is 22.9 Å². The molecule has 0 saturated carbocycles. The van der Waals surface area contributed by atoms with E-state index in [2.05, 4.69) is 10.4 Å². The van der Waals surface area contributed by atoms with E-state index in [4.69, 9.17) is 22.1 Å². The summed E-state index contributed by atoms with van der Waals surface area (Å²) in [5.74, 6) is -1.58. The summed E-state index contributed by atoms with van der Waals surface area (Å²) in [4.78, 5) is 12.7. The van der Waals surface area contributed by atoms with Crippen molar-refractivity contribution in [2.75, 3.05) is 19.4 Å². The lowest BCUT2D eigenvalue weighted by Gasteiger charge is -2.38. The number of ether oxygens (including phenoxy) is 1. The number of nitrogen functional groups attached to an aromatic ring is 1. The number of nitrogens with one attached hydrogen (secondary N) is 1. The summed E-state index contributed by atoms with van der Waals surface area (Å²) < 4.78 is 62.4. The fourth-order valence-corrected chi connectivity index (χ4v) is 4.07. The summed E-state index contributed by atoms with van der Waals surface area (Å²) in [5.41, 5.74) is 1.67. The zero-order chi connectivity index (χ0) is 26.9. The van der Waals surface area contributed by atoms with Crippen molar-refractivity contribution >= 4 is 23.3 Å². The lowest BCUT2D eigenvalue weighted by Crippen LogP contribution is -2.56. The second-order valence-electron chi connectivity index (χ2n) is 8.95. The quantitative estimate of drug-likeness (QED) is 0.369. The summed E-state index contributed by atoms with van der Waals surface area (Å²) in [6.07, 6.45) is -4.92. The molecule has 0 saturated heterocycles. The molecule has 0 unspecified atom stereocenters. The van der Waals surface area contributed by atoms with Gasteiger partial charge in [0.25, 0.3) is 5.91 Å². The van der Waals surface area contributed by atoms with E-state index in [1.54, 1.807) is 24.3 Å². The van der Waals surface area contributed by atoms with Crippen LogP contribution in [-0.2, 0) is 5.41 Å². The number of carbonyl (C=O) groups excluding carboxylic acids is 1. The number of anilines is 1. The number of aliphatic hydroxyl groups is 1. The molecular formula is C24H25ClF4N4O3. The number of methoxy groups -OCH3 is 1. The van der Waals surface area contributed by atoms with Crippen LogP contribution in [0.4, 0.5) is 23.4 Å². The van der Waals surface area contributed by atoms with Crippen molar-refractivity contribution < 1.29 is 32.2 Å². The highest BCUT2D eigenvalue weighted by molar-refractivity contribution is 6.30. The van der Waals surface area contributed by atoms with Crippen LogP contribution in [0.1, 0.15) is 36.2 Å². The number of hydrogen-bond acceptors (Lipinski definition) is 5. The highest BCUT2D eigenvalue weighted by Crippen LogP contribution is 2.43. The molecule has 0 spiro atoms. The Morgan fingerprint density at radius 2 is 1.83 bits per heavy atom. The van der Waals surface area contributed by atoms with E-state index in [1.165, 1.54) is 31.7 Å². The highest BCUT2D eigenvalue weighted by Gasteiger charge is 2.56. The lowest BCUT2D eigenvalue weighted by atomic mass is 9.74. The van der Waals surface area contributed by atoms with E-state index in [0.717, 1.165) is 18.3 Å². The molecule has 0 aliphatic heterocycles. The first-order valence-corrected chi connectivity index (χ1v) is 11.1. The van der Waals surface area contributed by atoms with Crippen LogP contribution in [-0.4, -0.2) is 46.2 Å². The maximum Gasteiger partial charge on any atom is 0.418 e. The number of amides is 1. The van der Waals surface area contributed by atoms with Gasteiger partial charge in [0, 0.05) is 10.6 Å². The smallest absolute Gasteiger partial charge is 0.418 e. The molecule has 4 N–H and O–H groups in total. The monoisotopic (exact) mass is 528 g/mol. The van der Waals surface area contributed by atoms with Crippen LogP contribution in [0.15, 0.2) is 48.7 Å². The molecule has 12 heteroatoms. The van der Waals surface area contributed by atoms with Crippen molar-refractivity contribution in [3.05, 3.63) is 70.6 Å². The van der Waals surface area contributed by atoms with Gasteiger partial charge in [-0.25, -0.2) is 9.07 Å². The van der Waals surface area contributed by atoms with E-state index in [0.29, 0.717) is 10.7 Å². The minimum absolute atomic E-state index is 0.116.